The average molecular weight is 1270 g/mol. The van der Waals surface area contributed by atoms with Crippen LogP contribution >= 0.6 is 11.3 Å². The first-order chi connectivity index (χ1) is 43.5. The summed E-state index contributed by atoms with van der Waals surface area (Å²) < 4.78 is 37.9. The van der Waals surface area contributed by atoms with E-state index in [1.807, 2.05) is 46.8 Å². The van der Waals surface area contributed by atoms with Crippen molar-refractivity contribution in [3.63, 3.8) is 0 Å². The lowest BCUT2D eigenvalue weighted by Crippen LogP contribution is -2.64. The highest BCUT2D eigenvalue weighted by atomic mass is 32.1. The van der Waals surface area contributed by atoms with E-state index >= 15 is 0 Å². The fourth-order valence-corrected chi connectivity index (χ4v) is 16.3. The molecule has 91 heavy (non-hydrogen) atoms. The molecule has 9 N–H and O–H groups in total. The summed E-state index contributed by atoms with van der Waals surface area (Å²) in [5.41, 5.74) is 10.3. The Bertz CT molecular complexity index is 3730. The van der Waals surface area contributed by atoms with Crippen LogP contribution in [0.1, 0.15) is 102 Å². The number of aliphatic hydroxyl groups is 3. The number of nitrogens with zero attached hydrogens (tertiary/aromatic N) is 6. The second-order valence-electron chi connectivity index (χ2n) is 25.4. The number of benzene rings is 3. The van der Waals surface area contributed by atoms with Crippen molar-refractivity contribution < 1.29 is 77.9 Å². The Balaban J connectivity index is 0.741. The smallest absolute Gasteiger partial charge is 0.410 e. The number of fused-ring (bicyclic) bond motifs is 2. The zero-order valence-corrected chi connectivity index (χ0v) is 52.2. The van der Waals surface area contributed by atoms with Crippen molar-refractivity contribution in [2.75, 3.05) is 75.8 Å². The number of para-hydroxylation sites is 1. The highest BCUT2D eigenvalue weighted by molar-refractivity contribution is 7.22. The van der Waals surface area contributed by atoms with E-state index in [0.717, 1.165) is 65.6 Å². The molecule has 6 aliphatic rings. The zero-order valence-electron chi connectivity index (χ0n) is 51.4. The summed E-state index contributed by atoms with van der Waals surface area (Å²) >= 11 is 1.40. The standard InChI is InChI=1S/C65H77N9O16S/c1-37-42(40-14-17-49(70-51(40)57(80)81)73-21-19-39-43(29-73)41(13-16-46(39)86-5)56(79)71-60-69-44-10-6-7-11-48(44)91-60)28-67-74(37)36-64-31-62(2)30-63(3,32-64)34-65(33-62,35-64)88-26-23-72(22-25-85-4)61(84)87-24-8-9-38-12-15-47(45(27-38)68-50(75)18-20-66)89-59-54(78)52(76)53(77)55(90-59)58(82)83/h6-17,27-28,52-55,59,76-78H,18-26,29-36,66H2,1-5H3,(H,68,75)(H,80,81)(H,82,83)(H,69,71,79)/b9-8+/t52-,53-,54+,55-,59+,62?,63?,64?,65?/m0/s1. The number of hydrogen-bond acceptors (Lipinski definition) is 20. The molecule has 12 rings (SSSR count). The second-order valence-corrected chi connectivity index (χ2v) is 26.5. The van der Waals surface area contributed by atoms with Crippen LogP contribution in [0, 0.1) is 23.2 Å². The van der Waals surface area contributed by atoms with Gasteiger partial charge in [-0.25, -0.2) is 24.4 Å². The van der Waals surface area contributed by atoms with Crippen LogP contribution in [-0.4, -0.2) is 177 Å². The van der Waals surface area contributed by atoms with Crippen molar-refractivity contribution in [1.29, 1.82) is 0 Å². The van der Waals surface area contributed by atoms with Crippen molar-refractivity contribution >= 4 is 74.1 Å². The number of aliphatic carboxylic acids is 1. The third kappa shape index (κ3) is 13.6. The number of ether oxygens (including phenoxy) is 6. The van der Waals surface area contributed by atoms with E-state index in [1.54, 1.807) is 61.7 Å². The van der Waals surface area contributed by atoms with Gasteiger partial charge >= 0.3 is 18.0 Å². The number of aliphatic hydroxyl groups excluding tert-OH is 3. The van der Waals surface area contributed by atoms with E-state index in [2.05, 4.69) is 29.5 Å². The van der Waals surface area contributed by atoms with Crippen molar-refractivity contribution in [3.8, 4) is 22.6 Å². The van der Waals surface area contributed by atoms with Crippen LogP contribution in [0.25, 0.3) is 27.4 Å². The Morgan fingerprint density at radius 1 is 0.857 bits per heavy atom. The van der Waals surface area contributed by atoms with E-state index < -0.39 is 60.2 Å². The summed E-state index contributed by atoms with van der Waals surface area (Å²) in [4.78, 5) is 78.2. The third-order valence-electron chi connectivity index (χ3n) is 18.2. The Kier molecular flexibility index (Phi) is 18.6. The molecule has 5 fully saturated rings. The van der Waals surface area contributed by atoms with Crippen LogP contribution in [0.4, 0.5) is 21.4 Å². The van der Waals surface area contributed by atoms with Crippen molar-refractivity contribution in [2.45, 2.75) is 122 Å². The maximum absolute atomic E-state index is 13.9. The molecule has 1 saturated heterocycles. The quantitative estimate of drug-likeness (QED) is 0.0306. The van der Waals surface area contributed by atoms with E-state index in [4.69, 9.17) is 44.2 Å². The lowest BCUT2D eigenvalue weighted by Gasteiger charge is -2.69. The summed E-state index contributed by atoms with van der Waals surface area (Å²) in [6.07, 6.45) is 1.06. The number of rotatable bonds is 24. The van der Waals surface area contributed by atoms with Gasteiger partial charge in [-0.3, -0.25) is 19.6 Å². The number of carboxylic acids is 2. The number of aromatic carboxylic acids is 1. The van der Waals surface area contributed by atoms with Crippen LogP contribution in [0.15, 0.2) is 79.0 Å². The molecule has 25 nitrogen and oxygen atoms in total. The molecule has 0 spiro atoms. The number of pyridine rings is 1. The van der Waals surface area contributed by atoms with E-state index in [1.165, 1.54) is 23.5 Å². The van der Waals surface area contributed by atoms with E-state index in [0.29, 0.717) is 58.5 Å². The van der Waals surface area contributed by atoms with Gasteiger partial charge in [0, 0.05) is 80.7 Å². The summed E-state index contributed by atoms with van der Waals surface area (Å²) in [7, 11) is 3.15. The largest absolute Gasteiger partial charge is 0.496 e. The fourth-order valence-electron chi connectivity index (χ4n) is 15.4. The molecule has 26 heteroatoms. The van der Waals surface area contributed by atoms with E-state index in [9.17, 15) is 49.5 Å². The molecule has 4 bridgehead atoms. The first-order valence-corrected chi connectivity index (χ1v) is 31.2. The summed E-state index contributed by atoms with van der Waals surface area (Å²) in [6, 6.07) is 19.4. The van der Waals surface area contributed by atoms with Gasteiger partial charge in [0.1, 0.15) is 42.2 Å². The van der Waals surface area contributed by atoms with E-state index in [-0.39, 0.29) is 91.7 Å². The number of aromatic nitrogens is 4. The second kappa shape index (κ2) is 26.3. The van der Waals surface area contributed by atoms with Gasteiger partial charge in [0.05, 0.1) is 48.0 Å². The first-order valence-electron chi connectivity index (χ1n) is 30.4. The molecular formula is C65H77N9O16S. The number of thiazole rings is 1. The Morgan fingerprint density at radius 2 is 1.62 bits per heavy atom. The molecule has 4 aliphatic carbocycles. The monoisotopic (exact) mass is 1270 g/mol. The van der Waals surface area contributed by atoms with Gasteiger partial charge in [0.15, 0.2) is 16.9 Å². The maximum atomic E-state index is 13.9. The minimum absolute atomic E-state index is 0.0260. The molecule has 5 heterocycles. The highest BCUT2D eigenvalue weighted by Gasteiger charge is 2.66. The Morgan fingerprint density at radius 3 is 2.34 bits per heavy atom. The van der Waals surface area contributed by atoms with Crippen LogP contribution < -0.4 is 30.7 Å². The predicted molar refractivity (Wildman–Crippen MR) is 335 cm³/mol. The minimum atomic E-state index is -1.93. The molecule has 3 amide bonds. The van der Waals surface area contributed by atoms with Gasteiger partial charge in [0.2, 0.25) is 12.2 Å². The topological polar surface area (TPSA) is 342 Å². The molecule has 4 saturated carbocycles. The molecule has 0 radical (unpaired) electrons. The van der Waals surface area contributed by atoms with Gasteiger partial charge in [-0.1, -0.05) is 49.5 Å². The molecule has 2 unspecified atom stereocenters. The molecular weight excluding hydrogens is 1190 g/mol. The number of amides is 3. The summed E-state index contributed by atoms with van der Waals surface area (Å²) in [5, 5.41) is 62.4. The normalized spacial score (nSPS) is 25.7. The van der Waals surface area contributed by atoms with Crippen LogP contribution in [0.3, 0.4) is 0 Å². The minimum Gasteiger partial charge on any atom is -0.496 e. The molecule has 484 valence electrons. The maximum Gasteiger partial charge on any atom is 0.410 e. The summed E-state index contributed by atoms with van der Waals surface area (Å²) in [6.45, 7) is 8.95. The van der Waals surface area contributed by atoms with Gasteiger partial charge in [-0.05, 0) is 134 Å². The summed E-state index contributed by atoms with van der Waals surface area (Å²) in [5.74, 6) is -2.46. The number of anilines is 3. The fraction of sp³-hybridized carbons (Fsp3) is 0.477. The first kappa shape index (κ1) is 64.4. The van der Waals surface area contributed by atoms with Crippen LogP contribution in [0.5, 0.6) is 11.5 Å². The van der Waals surface area contributed by atoms with Crippen LogP contribution in [-0.2, 0) is 48.0 Å². The van der Waals surface area contributed by atoms with Crippen LogP contribution in [0.2, 0.25) is 0 Å². The van der Waals surface area contributed by atoms with Crippen molar-refractivity contribution in [1.82, 2.24) is 24.6 Å². The predicted octanol–water partition coefficient (Wildman–Crippen LogP) is 6.88. The van der Waals surface area contributed by atoms with Gasteiger partial charge in [0.25, 0.3) is 5.91 Å². The number of carboxylic acid groups (broad SMARTS) is 2. The van der Waals surface area contributed by atoms with Crippen molar-refractivity contribution in [3.05, 3.63) is 113 Å². The Labute approximate surface area is 529 Å². The number of methoxy groups -OCH3 is 2. The Hall–Kier alpha value is -8.08. The zero-order chi connectivity index (χ0) is 64.6. The number of nitrogens with one attached hydrogen (secondary N) is 2. The molecule has 3 aromatic heterocycles. The molecule has 6 aromatic rings. The molecule has 7 atom stereocenters. The highest BCUT2D eigenvalue weighted by Crippen LogP contribution is 2.72. The van der Waals surface area contributed by atoms with Gasteiger partial charge in [-0.15, -0.1) is 0 Å². The number of carbonyl (C=O) groups excluding carboxylic acids is 3. The third-order valence-corrected chi connectivity index (χ3v) is 19.1. The number of nitrogens with two attached hydrogens (primary N) is 1. The van der Waals surface area contributed by atoms with Gasteiger partial charge < -0.3 is 74.8 Å². The lowest BCUT2D eigenvalue weighted by atomic mass is 9.39. The van der Waals surface area contributed by atoms with Gasteiger partial charge in [-0.2, -0.15) is 5.10 Å². The number of hydrogen-bond donors (Lipinski definition) is 8. The molecule has 2 aliphatic heterocycles. The SMILES string of the molecule is COCCN(CCOC12CC3(C)CC(C)(CC(Cn4ncc(-c5ccc(N6CCc7c(OC)ccc(C(=O)Nc8nc9ccccc9s8)c7C6)nc5C(=O)O)c4C)(C3)C1)C2)C(=O)OC/C=C/c1ccc(O[C@@H]2O[C@H](C(=O)O)[C@@H](O)[C@H](O)[C@H]2O)c(NC(=O)CCN)c1. The lowest BCUT2D eigenvalue weighted by molar-refractivity contribution is -0.271. The molecule has 3 aromatic carbocycles. The number of carbonyl (C=O) groups is 5. The van der Waals surface area contributed by atoms with Crippen molar-refractivity contribution in [2.24, 2.45) is 22.0 Å². The average Bonchev–Trinajstić information content (AvgIpc) is 0.937.